The first-order valence-corrected chi connectivity index (χ1v) is 5.53. The predicted octanol–water partition coefficient (Wildman–Crippen LogP) is -0.302. The van der Waals surface area contributed by atoms with Gasteiger partial charge in [0.25, 0.3) is 5.91 Å². The molecule has 2 rings (SSSR count). The Kier molecular flexibility index (Phi) is 3.46. The van der Waals surface area contributed by atoms with Crippen molar-refractivity contribution in [2.75, 3.05) is 6.54 Å². The van der Waals surface area contributed by atoms with E-state index in [0.29, 0.717) is 5.69 Å². The zero-order chi connectivity index (χ0) is 13.8. The third kappa shape index (κ3) is 3.09. The number of carbonyl (C=O) groups excluding carboxylic acids is 2. The van der Waals surface area contributed by atoms with Gasteiger partial charge in [0.1, 0.15) is 12.2 Å². The fourth-order valence-electron chi connectivity index (χ4n) is 1.58. The Labute approximate surface area is 108 Å². The van der Waals surface area contributed by atoms with E-state index in [1.807, 2.05) is 24.3 Å². The van der Waals surface area contributed by atoms with Gasteiger partial charge in [0.2, 0.25) is 5.91 Å². The Morgan fingerprint density at radius 2 is 2.00 bits per heavy atom. The molecule has 0 radical (unpaired) electrons. The van der Waals surface area contributed by atoms with Gasteiger partial charge >= 0.3 is 0 Å². The molecule has 98 valence electrons. The van der Waals surface area contributed by atoms with Crippen molar-refractivity contribution in [1.82, 2.24) is 10.3 Å². The van der Waals surface area contributed by atoms with Gasteiger partial charge in [-0.15, -0.1) is 0 Å². The fourth-order valence-corrected chi connectivity index (χ4v) is 1.58. The van der Waals surface area contributed by atoms with Crippen molar-refractivity contribution in [3.63, 3.8) is 0 Å². The van der Waals surface area contributed by atoms with Crippen molar-refractivity contribution < 1.29 is 9.59 Å². The van der Waals surface area contributed by atoms with Gasteiger partial charge in [-0.3, -0.25) is 14.9 Å². The summed E-state index contributed by atoms with van der Waals surface area (Å²) < 4.78 is 0. The Hall–Kier alpha value is -2.83. The number of hydrogen-bond acceptors (Lipinski definition) is 3. The number of primary amides is 1. The number of fused-ring (bicyclic) bond motifs is 1. The summed E-state index contributed by atoms with van der Waals surface area (Å²) in [6.07, 6.45) is 0. The van der Waals surface area contributed by atoms with Crippen LogP contribution in [0.1, 0.15) is 10.5 Å². The summed E-state index contributed by atoms with van der Waals surface area (Å²) in [4.78, 5) is 28.9. The number of carbonyl (C=O) groups is 2. The zero-order valence-corrected chi connectivity index (χ0v) is 10.0. The predicted molar refractivity (Wildman–Crippen MR) is 71.4 cm³/mol. The van der Waals surface area contributed by atoms with E-state index in [0.717, 1.165) is 10.9 Å². The van der Waals surface area contributed by atoms with Gasteiger partial charge in [-0.2, -0.15) is 0 Å². The second-order valence-electron chi connectivity index (χ2n) is 3.89. The normalized spacial score (nSPS) is 11.5. The smallest absolute Gasteiger partial charge is 0.274 e. The molecule has 0 aliphatic carbocycles. The average molecular weight is 259 g/mol. The number of rotatable bonds is 3. The summed E-state index contributed by atoms with van der Waals surface area (Å²) in [5.74, 6) is -1.20. The molecule has 7 nitrogen and oxygen atoms in total. The van der Waals surface area contributed by atoms with Crippen molar-refractivity contribution in [3.05, 3.63) is 36.0 Å². The molecule has 19 heavy (non-hydrogen) atoms. The van der Waals surface area contributed by atoms with E-state index in [2.05, 4.69) is 15.3 Å². The molecule has 1 aromatic heterocycles. The van der Waals surface area contributed by atoms with Crippen LogP contribution < -0.4 is 16.8 Å². The van der Waals surface area contributed by atoms with Crippen molar-refractivity contribution in [2.24, 2.45) is 16.5 Å². The van der Waals surface area contributed by atoms with E-state index in [1.165, 1.54) is 0 Å². The Balaban J connectivity index is 2.11. The average Bonchev–Trinajstić information content (AvgIpc) is 2.80. The number of aliphatic imine (C=N–C) groups is 1. The highest BCUT2D eigenvalue weighted by Gasteiger charge is 2.10. The first kappa shape index (κ1) is 12.6. The van der Waals surface area contributed by atoms with Crippen molar-refractivity contribution in [1.29, 1.82) is 0 Å². The quantitative estimate of drug-likeness (QED) is 0.446. The third-order valence-corrected chi connectivity index (χ3v) is 2.42. The second-order valence-corrected chi connectivity index (χ2v) is 3.89. The minimum atomic E-state index is -0.622. The number of nitrogens with one attached hydrogen (secondary N) is 2. The highest BCUT2D eigenvalue weighted by atomic mass is 16.2. The van der Waals surface area contributed by atoms with Crippen LogP contribution in [0.4, 0.5) is 0 Å². The molecule has 0 fully saturated rings. The highest BCUT2D eigenvalue weighted by Crippen LogP contribution is 2.14. The lowest BCUT2D eigenvalue weighted by Gasteiger charge is -2.01. The van der Waals surface area contributed by atoms with Crippen LogP contribution in [-0.4, -0.2) is 29.3 Å². The van der Waals surface area contributed by atoms with Gasteiger partial charge < -0.3 is 16.5 Å². The van der Waals surface area contributed by atoms with Crippen molar-refractivity contribution in [3.8, 4) is 0 Å². The van der Waals surface area contributed by atoms with Gasteiger partial charge in [0.05, 0.1) is 0 Å². The number of nitrogens with zero attached hydrogens (tertiary/aromatic N) is 1. The lowest BCUT2D eigenvalue weighted by atomic mass is 10.2. The number of amides is 2. The number of aromatic nitrogens is 1. The number of benzene rings is 1. The standard InChI is InChI=1S/C12H13N5O2/c13-10(18)6-15-12(14)17-11(19)9-5-7-3-1-2-4-8(7)16-9/h1-5,16H,6H2,(H2,13,18)(H3,14,15,17,19). The van der Waals surface area contributed by atoms with E-state index in [-0.39, 0.29) is 12.5 Å². The molecule has 7 heteroatoms. The maximum absolute atomic E-state index is 11.9. The van der Waals surface area contributed by atoms with E-state index >= 15 is 0 Å². The maximum Gasteiger partial charge on any atom is 0.274 e. The summed E-state index contributed by atoms with van der Waals surface area (Å²) in [7, 11) is 0. The summed E-state index contributed by atoms with van der Waals surface area (Å²) in [6, 6.07) is 9.18. The van der Waals surface area contributed by atoms with E-state index in [9.17, 15) is 9.59 Å². The van der Waals surface area contributed by atoms with E-state index in [4.69, 9.17) is 11.5 Å². The summed E-state index contributed by atoms with van der Waals surface area (Å²) in [6.45, 7) is -0.265. The van der Waals surface area contributed by atoms with Crippen LogP contribution in [0.25, 0.3) is 10.9 Å². The van der Waals surface area contributed by atoms with Crippen molar-refractivity contribution in [2.45, 2.75) is 0 Å². The molecule has 2 amide bonds. The van der Waals surface area contributed by atoms with Gasteiger partial charge in [-0.25, -0.2) is 4.99 Å². The molecular weight excluding hydrogens is 246 g/mol. The van der Waals surface area contributed by atoms with Crippen LogP contribution >= 0.6 is 0 Å². The minimum absolute atomic E-state index is 0.151. The monoisotopic (exact) mass is 259 g/mol. The third-order valence-electron chi connectivity index (χ3n) is 2.42. The number of guanidine groups is 1. The summed E-state index contributed by atoms with van der Waals surface area (Å²) in [5.41, 5.74) is 11.6. The highest BCUT2D eigenvalue weighted by molar-refractivity contribution is 6.06. The number of H-pyrrole nitrogens is 1. The Morgan fingerprint density at radius 1 is 1.26 bits per heavy atom. The molecule has 0 unspecified atom stereocenters. The molecule has 0 saturated carbocycles. The minimum Gasteiger partial charge on any atom is -0.370 e. The van der Waals surface area contributed by atoms with Gasteiger partial charge in [0.15, 0.2) is 5.96 Å². The summed E-state index contributed by atoms with van der Waals surface area (Å²) in [5, 5.41) is 3.28. The molecule has 0 spiro atoms. The van der Waals surface area contributed by atoms with Crippen LogP contribution in [-0.2, 0) is 4.79 Å². The lowest BCUT2D eigenvalue weighted by molar-refractivity contribution is -0.116. The number of nitrogens with two attached hydrogens (primary N) is 2. The summed E-state index contributed by atoms with van der Waals surface area (Å²) >= 11 is 0. The lowest BCUT2D eigenvalue weighted by Crippen LogP contribution is -2.37. The van der Waals surface area contributed by atoms with Crippen LogP contribution in [0.15, 0.2) is 35.3 Å². The van der Waals surface area contributed by atoms with Gasteiger partial charge in [-0.1, -0.05) is 18.2 Å². The molecule has 6 N–H and O–H groups in total. The number of aromatic amines is 1. The maximum atomic E-state index is 11.9. The Bertz CT molecular complexity index is 626. The van der Waals surface area contributed by atoms with E-state index < -0.39 is 11.8 Å². The van der Waals surface area contributed by atoms with Gasteiger partial charge in [-0.05, 0) is 12.1 Å². The molecule has 0 bridgehead atoms. The first-order valence-electron chi connectivity index (χ1n) is 5.53. The second kappa shape index (κ2) is 5.21. The number of hydrogen-bond donors (Lipinski definition) is 4. The molecule has 0 atom stereocenters. The molecule has 0 aliphatic heterocycles. The number of para-hydroxylation sites is 1. The largest absolute Gasteiger partial charge is 0.370 e. The zero-order valence-electron chi connectivity index (χ0n) is 10.0. The molecule has 1 aromatic carbocycles. The molecule has 0 saturated heterocycles. The molecular formula is C12H13N5O2. The van der Waals surface area contributed by atoms with Crippen LogP contribution in [0.5, 0.6) is 0 Å². The van der Waals surface area contributed by atoms with E-state index in [1.54, 1.807) is 6.07 Å². The fraction of sp³-hybridized carbons (Fsp3) is 0.0833. The molecule has 2 aromatic rings. The Morgan fingerprint density at radius 3 is 2.68 bits per heavy atom. The van der Waals surface area contributed by atoms with Gasteiger partial charge in [0, 0.05) is 10.9 Å². The topological polar surface area (TPSA) is 126 Å². The SMILES string of the molecule is NC(=O)CN=C(N)NC(=O)c1cc2ccccc2[nH]1. The molecule has 0 aliphatic rings. The molecule has 1 heterocycles. The van der Waals surface area contributed by atoms with Crippen LogP contribution in [0.2, 0.25) is 0 Å². The van der Waals surface area contributed by atoms with Crippen molar-refractivity contribution >= 4 is 28.7 Å². The van der Waals surface area contributed by atoms with Crippen LogP contribution in [0, 0.1) is 0 Å². The van der Waals surface area contributed by atoms with Crippen LogP contribution in [0.3, 0.4) is 0 Å². The first-order chi connectivity index (χ1) is 9.06.